The fraction of sp³-hybridized carbons (Fsp3) is 0.933. The van der Waals surface area contributed by atoms with Crippen LogP contribution in [-0.4, -0.2) is 49.1 Å². The minimum absolute atomic E-state index is 0.167. The number of likely N-dealkylation sites (tertiary alicyclic amines) is 1. The summed E-state index contributed by atoms with van der Waals surface area (Å²) in [6.45, 7) is 12.7. The Morgan fingerprint density at radius 1 is 1.21 bits per heavy atom. The molecule has 0 aromatic carbocycles. The number of hydrogen-bond donors (Lipinski definition) is 2. The van der Waals surface area contributed by atoms with Crippen molar-refractivity contribution in [3.8, 4) is 0 Å². The number of nitrogens with one attached hydrogen (secondary N) is 2. The molecule has 1 aliphatic rings. The van der Waals surface area contributed by atoms with E-state index in [4.69, 9.17) is 0 Å². The Morgan fingerprint density at radius 2 is 1.84 bits per heavy atom. The van der Waals surface area contributed by atoms with Gasteiger partial charge in [0.15, 0.2) is 0 Å². The van der Waals surface area contributed by atoms with E-state index in [1.165, 1.54) is 25.9 Å². The largest absolute Gasteiger partial charge is 0.356 e. The van der Waals surface area contributed by atoms with E-state index in [0.29, 0.717) is 24.4 Å². The molecule has 0 aromatic heterocycles. The topological polar surface area (TPSA) is 44.4 Å². The summed E-state index contributed by atoms with van der Waals surface area (Å²) in [5.74, 6) is 0.693. The first kappa shape index (κ1) is 16.4. The minimum atomic E-state index is 0.167. The fourth-order valence-corrected chi connectivity index (χ4v) is 2.42. The molecule has 0 saturated carbocycles. The van der Waals surface area contributed by atoms with Gasteiger partial charge in [-0.15, -0.1) is 0 Å². The van der Waals surface area contributed by atoms with Gasteiger partial charge in [0.1, 0.15) is 0 Å². The molecule has 19 heavy (non-hydrogen) atoms. The van der Waals surface area contributed by atoms with Gasteiger partial charge in [0.05, 0.1) is 0 Å². The molecule has 0 spiro atoms. The Balaban J connectivity index is 2.06. The van der Waals surface area contributed by atoms with E-state index in [9.17, 15) is 4.79 Å². The predicted octanol–water partition coefficient (Wildman–Crippen LogP) is 1.61. The van der Waals surface area contributed by atoms with E-state index in [2.05, 4.69) is 43.2 Å². The maximum Gasteiger partial charge on any atom is 0.221 e. The van der Waals surface area contributed by atoms with Gasteiger partial charge in [0.2, 0.25) is 5.91 Å². The lowest BCUT2D eigenvalue weighted by atomic mass is 10.0. The lowest BCUT2D eigenvalue weighted by molar-refractivity contribution is -0.121. The molecular weight excluding hydrogens is 238 g/mol. The third kappa shape index (κ3) is 6.92. The standard InChI is InChI=1S/C15H31N3O/c1-12(2)11-17-15(19)5-8-16-14-6-9-18(10-7-14)13(3)4/h12-14,16H,5-11H2,1-4H3,(H,17,19). The van der Waals surface area contributed by atoms with Crippen molar-refractivity contribution >= 4 is 5.91 Å². The van der Waals surface area contributed by atoms with Crippen LogP contribution < -0.4 is 10.6 Å². The van der Waals surface area contributed by atoms with Crippen molar-refractivity contribution in [2.45, 2.75) is 59.0 Å². The Hall–Kier alpha value is -0.610. The van der Waals surface area contributed by atoms with E-state index in [1.807, 2.05) is 0 Å². The molecule has 1 heterocycles. The van der Waals surface area contributed by atoms with Crippen LogP contribution in [0.5, 0.6) is 0 Å². The molecule has 0 atom stereocenters. The highest BCUT2D eigenvalue weighted by molar-refractivity contribution is 5.76. The van der Waals surface area contributed by atoms with Crippen LogP contribution in [0.3, 0.4) is 0 Å². The van der Waals surface area contributed by atoms with Gasteiger partial charge in [0.25, 0.3) is 0 Å². The number of rotatable bonds is 7. The SMILES string of the molecule is CC(C)CNC(=O)CCNC1CCN(C(C)C)CC1. The molecule has 0 bridgehead atoms. The molecule has 0 aliphatic carbocycles. The number of carbonyl (C=O) groups excluding carboxylic acids is 1. The number of amides is 1. The average Bonchev–Trinajstić information content (AvgIpc) is 2.37. The lowest BCUT2D eigenvalue weighted by Gasteiger charge is -2.35. The predicted molar refractivity (Wildman–Crippen MR) is 80.2 cm³/mol. The van der Waals surface area contributed by atoms with Crippen molar-refractivity contribution in [3.05, 3.63) is 0 Å². The zero-order chi connectivity index (χ0) is 14.3. The van der Waals surface area contributed by atoms with E-state index < -0.39 is 0 Å². The molecule has 1 saturated heterocycles. The molecule has 1 amide bonds. The van der Waals surface area contributed by atoms with Gasteiger partial charge in [-0.25, -0.2) is 0 Å². The van der Waals surface area contributed by atoms with Crippen LogP contribution in [0.15, 0.2) is 0 Å². The second kappa shape index (κ2) is 8.54. The summed E-state index contributed by atoms with van der Waals surface area (Å²) in [6.07, 6.45) is 2.99. The van der Waals surface area contributed by atoms with Crippen LogP contribution in [0, 0.1) is 5.92 Å². The number of carbonyl (C=O) groups is 1. The first-order chi connectivity index (χ1) is 8.99. The summed E-state index contributed by atoms with van der Waals surface area (Å²) >= 11 is 0. The molecule has 0 unspecified atom stereocenters. The Labute approximate surface area is 118 Å². The second-order valence-electron chi connectivity index (χ2n) is 6.31. The van der Waals surface area contributed by atoms with Gasteiger partial charge in [-0.05, 0) is 45.7 Å². The van der Waals surface area contributed by atoms with Crippen molar-refractivity contribution in [2.24, 2.45) is 5.92 Å². The van der Waals surface area contributed by atoms with Crippen molar-refractivity contribution in [1.29, 1.82) is 0 Å². The van der Waals surface area contributed by atoms with Gasteiger partial charge >= 0.3 is 0 Å². The van der Waals surface area contributed by atoms with Crippen LogP contribution in [0.25, 0.3) is 0 Å². The molecule has 1 rings (SSSR count). The molecule has 1 fully saturated rings. The van der Waals surface area contributed by atoms with Crippen molar-refractivity contribution in [2.75, 3.05) is 26.2 Å². The highest BCUT2D eigenvalue weighted by Gasteiger charge is 2.20. The highest BCUT2D eigenvalue weighted by atomic mass is 16.1. The van der Waals surface area contributed by atoms with Crippen LogP contribution in [0.2, 0.25) is 0 Å². The summed E-state index contributed by atoms with van der Waals surface area (Å²) in [7, 11) is 0. The average molecular weight is 269 g/mol. The fourth-order valence-electron chi connectivity index (χ4n) is 2.42. The smallest absolute Gasteiger partial charge is 0.221 e. The Morgan fingerprint density at radius 3 is 2.37 bits per heavy atom. The number of nitrogens with zero attached hydrogens (tertiary/aromatic N) is 1. The van der Waals surface area contributed by atoms with E-state index >= 15 is 0 Å². The van der Waals surface area contributed by atoms with E-state index in [0.717, 1.165) is 13.1 Å². The summed E-state index contributed by atoms with van der Waals surface area (Å²) in [6, 6.07) is 1.25. The zero-order valence-electron chi connectivity index (χ0n) is 13.0. The van der Waals surface area contributed by atoms with Gasteiger partial charge in [-0.2, -0.15) is 0 Å². The van der Waals surface area contributed by atoms with Crippen molar-refractivity contribution in [1.82, 2.24) is 15.5 Å². The summed E-state index contributed by atoms with van der Waals surface area (Å²) in [5.41, 5.74) is 0. The minimum Gasteiger partial charge on any atom is -0.356 e. The first-order valence-electron chi connectivity index (χ1n) is 7.73. The molecule has 0 radical (unpaired) electrons. The van der Waals surface area contributed by atoms with Crippen LogP contribution in [-0.2, 0) is 4.79 Å². The zero-order valence-corrected chi connectivity index (χ0v) is 13.0. The third-order valence-electron chi connectivity index (χ3n) is 3.75. The normalized spacial score (nSPS) is 18.2. The van der Waals surface area contributed by atoms with Gasteiger partial charge in [-0.1, -0.05) is 13.8 Å². The molecular formula is C15H31N3O. The third-order valence-corrected chi connectivity index (χ3v) is 3.75. The molecule has 4 heteroatoms. The Bertz CT molecular complexity index is 258. The molecule has 2 N–H and O–H groups in total. The van der Waals surface area contributed by atoms with Crippen molar-refractivity contribution < 1.29 is 4.79 Å². The van der Waals surface area contributed by atoms with Gasteiger partial charge in [-0.3, -0.25) is 4.79 Å². The van der Waals surface area contributed by atoms with Gasteiger partial charge in [0, 0.05) is 31.6 Å². The maximum absolute atomic E-state index is 11.6. The Kier molecular flexibility index (Phi) is 7.39. The summed E-state index contributed by atoms with van der Waals surface area (Å²) in [4.78, 5) is 14.1. The van der Waals surface area contributed by atoms with E-state index in [-0.39, 0.29) is 5.91 Å². The number of piperidine rings is 1. The molecule has 1 aliphatic heterocycles. The first-order valence-corrected chi connectivity index (χ1v) is 7.73. The molecule has 112 valence electrons. The van der Waals surface area contributed by atoms with Crippen LogP contribution in [0.1, 0.15) is 47.0 Å². The van der Waals surface area contributed by atoms with E-state index in [1.54, 1.807) is 0 Å². The van der Waals surface area contributed by atoms with Crippen molar-refractivity contribution in [3.63, 3.8) is 0 Å². The summed E-state index contributed by atoms with van der Waals surface area (Å²) < 4.78 is 0. The number of hydrogen-bond acceptors (Lipinski definition) is 3. The second-order valence-corrected chi connectivity index (χ2v) is 6.31. The maximum atomic E-state index is 11.6. The lowest BCUT2D eigenvalue weighted by Crippen LogP contribution is -2.45. The summed E-state index contributed by atoms with van der Waals surface area (Å²) in [5, 5.41) is 6.47. The van der Waals surface area contributed by atoms with Crippen LogP contribution >= 0.6 is 0 Å². The highest BCUT2D eigenvalue weighted by Crippen LogP contribution is 2.12. The molecule has 0 aromatic rings. The monoisotopic (exact) mass is 269 g/mol. The molecule has 4 nitrogen and oxygen atoms in total. The quantitative estimate of drug-likeness (QED) is 0.738. The van der Waals surface area contributed by atoms with Gasteiger partial charge < -0.3 is 15.5 Å². The van der Waals surface area contributed by atoms with Crippen LogP contribution in [0.4, 0.5) is 0 Å².